The number of hydrogen-bond acceptors (Lipinski definition) is 3. The topological polar surface area (TPSA) is 56.0 Å². The van der Waals surface area contributed by atoms with E-state index in [9.17, 15) is 4.79 Å². The van der Waals surface area contributed by atoms with Crippen LogP contribution in [0, 0.1) is 6.92 Å². The lowest BCUT2D eigenvalue weighted by Gasteiger charge is -1.85. The lowest BCUT2D eigenvalue weighted by atomic mass is 10.4. The number of nitrogens with two attached hydrogens (primary N) is 1. The predicted octanol–water partition coefficient (Wildman–Crippen LogP) is 0.479. The fraction of sp³-hybridized carbons (Fsp3) is 0.333. The van der Waals surface area contributed by atoms with E-state index in [1.54, 1.807) is 6.20 Å². The molecule has 3 nitrogen and oxygen atoms in total. The quantitative estimate of drug-likeness (QED) is 0.677. The first-order valence-electron chi connectivity index (χ1n) is 2.88. The number of aromatic nitrogens is 1. The molecule has 0 spiro atoms. The van der Waals surface area contributed by atoms with Gasteiger partial charge >= 0.3 is 0 Å². The summed E-state index contributed by atoms with van der Waals surface area (Å²) in [6.45, 7) is 1.90. The molecule has 54 valence electrons. The van der Waals surface area contributed by atoms with Gasteiger partial charge in [0.05, 0.1) is 11.4 Å². The van der Waals surface area contributed by atoms with Crippen molar-refractivity contribution in [2.75, 3.05) is 0 Å². The van der Waals surface area contributed by atoms with Crippen LogP contribution in [-0.2, 0) is 11.2 Å². The maximum Gasteiger partial charge on any atom is 0.222 e. The summed E-state index contributed by atoms with van der Waals surface area (Å²) in [5.74, 6) is -0.302. The van der Waals surface area contributed by atoms with Gasteiger partial charge in [0, 0.05) is 11.1 Å². The first-order valence-corrected chi connectivity index (χ1v) is 3.70. The molecule has 1 aromatic heterocycles. The van der Waals surface area contributed by atoms with E-state index in [0.717, 1.165) is 9.88 Å². The molecule has 4 heteroatoms. The number of carbonyl (C=O) groups is 1. The van der Waals surface area contributed by atoms with Crippen molar-refractivity contribution in [3.8, 4) is 0 Å². The van der Waals surface area contributed by atoms with E-state index in [0.29, 0.717) is 6.42 Å². The van der Waals surface area contributed by atoms with Gasteiger partial charge in [-0.05, 0) is 6.92 Å². The minimum absolute atomic E-state index is 0.302. The maximum absolute atomic E-state index is 10.4. The molecule has 0 aliphatic carbocycles. The molecule has 0 aromatic carbocycles. The number of nitrogens with zero attached hydrogens (tertiary/aromatic N) is 1. The van der Waals surface area contributed by atoms with Gasteiger partial charge in [-0.25, -0.2) is 4.98 Å². The molecular formula is C6H8N2OS. The van der Waals surface area contributed by atoms with Gasteiger partial charge in [-0.3, -0.25) is 4.79 Å². The molecule has 0 aliphatic rings. The largest absolute Gasteiger partial charge is 0.369 e. The predicted molar refractivity (Wildman–Crippen MR) is 39.7 cm³/mol. The molecule has 2 N–H and O–H groups in total. The Morgan fingerprint density at radius 3 is 3.00 bits per heavy atom. The van der Waals surface area contributed by atoms with Crippen molar-refractivity contribution >= 4 is 17.2 Å². The van der Waals surface area contributed by atoms with Crippen LogP contribution in [0.2, 0.25) is 0 Å². The van der Waals surface area contributed by atoms with Crippen LogP contribution in [0.1, 0.15) is 9.88 Å². The minimum Gasteiger partial charge on any atom is -0.369 e. The van der Waals surface area contributed by atoms with Gasteiger partial charge in [0.15, 0.2) is 0 Å². The summed E-state index contributed by atoms with van der Waals surface area (Å²) in [6, 6.07) is 0. The smallest absolute Gasteiger partial charge is 0.222 e. The van der Waals surface area contributed by atoms with Crippen LogP contribution in [0.15, 0.2) is 6.20 Å². The van der Waals surface area contributed by atoms with Crippen molar-refractivity contribution in [1.82, 2.24) is 4.98 Å². The lowest BCUT2D eigenvalue weighted by molar-refractivity contribution is -0.117. The fourth-order valence-corrected chi connectivity index (χ4v) is 1.46. The Hall–Kier alpha value is -0.900. The molecule has 0 bridgehead atoms. The fourth-order valence-electron chi connectivity index (χ4n) is 0.659. The van der Waals surface area contributed by atoms with Crippen molar-refractivity contribution in [2.24, 2.45) is 5.73 Å². The molecular weight excluding hydrogens is 148 g/mol. The zero-order chi connectivity index (χ0) is 7.56. The van der Waals surface area contributed by atoms with Gasteiger partial charge in [0.2, 0.25) is 5.91 Å². The summed E-state index contributed by atoms with van der Waals surface area (Å²) in [4.78, 5) is 15.3. The molecule has 0 aliphatic heterocycles. The van der Waals surface area contributed by atoms with Crippen molar-refractivity contribution in [3.05, 3.63) is 16.1 Å². The van der Waals surface area contributed by atoms with Crippen LogP contribution in [0.4, 0.5) is 0 Å². The molecule has 1 aromatic rings. The first kappa shape index (κ1) is 7.21. The van der Waals surface area contributed by atoms with Gasteiger partial charge in [-0.2, -0.15) is 0 Å². The number of primary amides is 1. The van der Waals surface area contributed by atoms with Crippen LogP contribution in [-0.4, -0.2) is 10.9 Å². The zero-order valence-electron chi connectivity index (χ0n) is 5.63. The molecule has 0 fully saturated rings. The van der Waals surface area contributed by atoms with E-state index in [4.69, 9.17) is 5.73 Å². The number of aryl methyl sites for hydroxylation is 1. The Morgan fingerprint density at radius 1 is 1.90 bits per heavy atom. The van der Waals surface area contributed by atoms with Crippen molar-refractivity contribution in [2.45, 2.75) is 13.3 Å². The highest BCUT2D eigenvalue weighted by molar-refractivity contribution is 7.11. The molecule has 1 heterocycles. The van der Waals surface area contributed by atoms with Gasteiger partial charge in [-0.1, -0.05) is 0 Å². The number of rotatable bonds is 2. The van der Waals surface area contributed by atoms with Crippen molar-refractivity contribution in [3.63, 3.8) is 0 Å². The average Bonchev–Trinajstić information content (AvgIpc) is 2.13. The molecule has 0 saturated heterocycles. The highest BCUT2D eigenvalue weighted by atomic mass is 32.1. The summed E-state index contributed by atoms with van der Waals surface area (Å²) in [5.41, 5.74) is 4.97. The van der Waals surface area contributed by atoms with E-state index < -0.39 is 0 Å². The normalized spacial score (nSPS) is 9.70. The molecule has 1 amide bonds. The van der Waals surface area contributed by atoms with Crippen LogP contribution < -0.4 is 5.73 Å². The molecule has 1 rings (SSSR count). The number of amides is 1. The van der Waals surface area contributed by atoms with E-state index in [2.05, 4.69) is 4.98 Å². The van der Waals surface area contributed by atoms with Crippen LogP contribution in [0.5, 0.6) is 0 Å². The van der Waals surface area contributed by atoms with Gasteiger partial charge in [-0.15, -0.1) is 11.3 Å². The number of thiazole rings is 1. The second kappa shape index (κ2) is 2.79. The Morgan fingerprint density at radius 2 is 2.60 bits per heavy atom. The summed E-state index contributed by atoms with van der Waals surface area (Å²) in [7, 11) is 0. The summed E-state index contributed by atoms with van der Waals surface area (Å²) in [6.07, 6.45) is 2.00. The van der Waals surface area contributed by atoms with E-state index in [1.165, 1.54) is 11.3 Å². The van der Waals surface area contributed by atoms with E-state index in [1.807, 2.05) is 6.92 Å². The Balaban J connectivity index is 2.67. The molecule has 0 radical (unpaired) electrons. The average molecular weight is 156 g/mol. The summed E-state index contributed by atoms with van der Waals surface area (Å²) in [5, 5.41) is 0.969. The minimum atomic E-state index is -0.302. The molecule has 0 unspecified atom stereocenters. The van der Waals surface area contributed by atoms with E-state index in [-0.39, 0.29) is 5.91 Å². The molecule has 0 atom stereocenters. The summed E-state index contributed by atoms with van der Waals surface area (Å²) >= 11 is 1.50. The third-order valence-corrected chi connectivity index (χ3v) is 1.93. The third kappa shape index (κ3) is 1.80. The van der Waals surface area contributed by atoms with Crippen LogP contribution >= 0.6 is 11.3 Å². The molecule has 10 heavy (non-hydrogen) atoms. The highest BCUT2D eigenvalue weighted by Gasteiger charge is 2.00. The maximum atomic E-state index is 10.4. The second-order valence-corrected chi connectivity index (χ2v) is 3.31. The van der Waals surface area contributed by atoms with Crippen LogP contribution in [0.25, 0.3) is 0 Å². The third-order valence-electron chi connectivity index (χ3n) is 1.02. The SMILES string of the molecule is Cc1ncc(CC(N)=O)s1. The number of hydrogen-bond donors (Lipinski definition) is 1. The van der Waals surface area contributed by atoms with Crippen molar-refractivity contribution < 1.29 is 4.79 Å². The standard InChI is InChI=1S/C6H8N2OS/c1-4-8-3-5(10-4)2-6(7)9/h3H,2H2,1H3,(H2,7,9). The van der Waals surface area contributed by atoms with Crippen molar-refractivity contribution in [1.29, 1.82) is 0 Å². The monoisotopic (exact) mass is 156 g/mol. The number of carbonyl (C=O) groups excluding carboxylic acids is 1. The Bertz CT molecular complexity index is 244. The van der Waals surface area contributed by atoms with Crippen LogP contribution in [0.3, 0.4) is 0 Å². The highest BCUT2D eigenvalue weighted by Crippen LogP contribution is 2.11. The second-order valence-electron chi connectivity index (χ2n) is 1.99. The van der Waals surface area contributed by atoms with Gasteiger partial charge < -0.3 is 5.73 Å². The molecule has 0 saturated carbocycles. The Kier molecular flexibility index (Phi) is 2.01. The lowest BCUT2D eigenvalue weighted by Crippen LogP contribution is -2.12. The van der Waals surface area contributed by atoms with E-state index >= 15 is 0 Å². The Labute approximate surface area is 62.9 Å². The summed E-state index contributed by atoms with van der Waals surface area (Å²) < 4.78 is 0. The van der Waals surface area contributed by atoms with Gasteiger partial charge in [0.1, 0.15) is 0 Å². The zero-order valence-corrected chi connectivity index (χ0v) is 6.44. The first-order chi connectivity index (χ1) is 4.68. The van der Waals surface area contributed by atoms with Gasteiger partial charge in [0.25, 0.3) is 0 Å².